The van der Waals surface area contributed by atoms with Gasteiger partial charge >= 0.3 is 11.8 Å². The fourth-order valence-electron chi connectivity index (χ4n) is 2.64. The summed E-state index contributed by atoms with van der Waals surface area (Å²) < 4.78 is 16.8. The second-order valence-electron chi connectivity index (χ2n) is 5.92. The molecule has 0 spiro atoms. The lowest BCUT2D eigenvalue weighted by Gasteiger charge is -2.13. The first kappa shape index (κ1) is 20.2. The van der Waals surface area contributed by atoms with Crippen molar-refractivity contribution in [2.45, 2.75) is 0 Å². The minimum Gasteiger partial charge on any atom is -0.497 e. The molecule has 9 heteroatoms. The Morgan fingerprint density at radius 1 is 1.21 bits per heavy atom. The van der Waals surface area contributed by atoms with E-state index < -0.39 is 11.8 Å². The number of hydrogen-bond acceptors (Lipinski definition) is 6. The van der Waals surface area contributed by atoms with Crippen molar-refractivity contribution in [1.29, 1.82) is 0 Å². The molecule has 8 nitrogen and oxygen atoms in total. The van der Waals surface area contributed by atoms with E-state index in [1.807, 2.05) is 0 Å². The molecule has 0 aliphatic rings. The van der Waals surface area contributed by atoms with E-state index in [4.69, 9.17) is 31.2 Å². The number of ether oxygens (including phenoxy) is 2. The van der Waals surface area contributed by atoms with Crippen molar-refractivity contribution in [1.82, 2.24) is 5.32 Å². The third-order valence-corrected chi connectivity index (χ3v) is 4.33. The Kier molecular flexibility index (Phi) is 6.04. The first-order valence-corrected chi connectivity index (χ1v) is 8.89. The van der Waals surface area contributed by atoms with Crippen molar-refractivity contribution >= 4 is 34.4 Å². The molecular formula is C20H17ClN2O6. The molecule has 1 aromatic heterocycles. The number of para-hydroxylation sites is 1. The number of rotatable bonds is 6. The van der Waals surface area contributed by atoms with Crippen LogP contribution < -0.4 is 26.0 Å². The molecule has 29 heavy (non-hydrogen) atoms. The van der Waals surface area contributed by atoms with Crippen LogP contribution in [-0.2, 0) is 9.59 Å². The summed E-state index contributed by atoms with van der Waals surface area (Å²) in [4.78, 5) is 34.4. The highest BCUT2D eigenvalue weighted by atomic mass is 35.5. The number of carbonyl (C=O) groups excluding carboxylic acids is 2. The molecule has 0 bridgehead atoms. The van der Waals surface area contributed by atoms with Gasteiger partial charge in [0.05, 0.1) is 29.6 Å². The fraction of sp³-hybridized carbons (Fsp3) is 0.150. The van der Waals surface area contributed by atoms with E-state index in [0.29, 0.717) is 27.5 Å². The molecule has 3 N–H and O–H groups in total. The van der Waals surface area contributed by atoms with Crippen molar-refractivity contribution in [3.05, 3.63) is 57.7 Å². The average Bonchev–Trinajstić information content (AvgIpc) is 2.71. The van der Waals surface area contributed by atoms with Crippen LogP contribution >= 0.6 is 11.6 Å². The number of amides is 2. The number of benzene rings is 2. The smallest absolute Gasteiger partial charge is 0.309 e. The first-order valence-electron chi connectivity index (χ1n) is 8.52. The van der Waals surface area contributed by atoms with Gasteiger partial charge in [-0.05, 0) is 24.3 Å². The average molecular weight is 417 g/mol. The summed E-state index contributed by atoms with van der Waals surface area (Å²) in [7, 11) is 1.50. The monoisotopic (exact) mass is 416 g/mol. The molecule has 0 saturated heterocycles. The third-order valence-electron chi connectivity index (χ3n) is 4.03. The van der Waals surface area contributed by atoms with Crippen molar-refractivity contribution in [3.63, 3.8) is 0 Å². The lowest BCUT2D eigenvalue weighted by Crippen LogP contribution is -2.38. The summed E-state index contributed by atoms with van der Waals surface area (Å²) in [5.74, 6) is -0.857. The van der Waals surface area contributed by atoms with E-state index in [1.54, 1.807) is 36.4 Å². The molecule has 0 atom stereocenters. The Hall–Kier alpha value is -3.52. The highest BCUT2D eigenvalue weighted by Crippen LogP contribution is 2.35. The summed E-state index contributed by atoms with van der Waals surface area (Å²) in [6, 6.07) is 11.3. The van der Waals surface area contributed by atoms with Gasteiger partial charge in [0.15, 0.2) is 11.0 Å². The van der Waals surface area contributed by atoms with E-state index in [0.717, 1.165) is 0 Å². The molecule has 0 aliphatic heterocycles. The normalized spacial score (nSPS) is 10.6. The van der Waals surface area contributed by atoms with Crippen molar-refractivity contribution in [3.8, 4) is 22.8 Å². The summed E-state index contributed by atoms with van der Waals surface area (Å²) in [6.07, 6.45) is 0. The predicted molar refractivity (Wildman–Crippen MR) is 107 cm³/mol. The van der Waals surface area contributed by atoms with E-state index in [2.05, 4.69) is 5.32 Å². The zero-order valence-corrected chi connectivity index (χ0v) is 16.1. The van der Waals surface area contributed by atoms with E-state index in [9.17, 15) is 14.4 Å². The number of halogens is 1. The fourth-order valence-corrected chi connectivity index (χ4v) is 2.85. The van der Waals surface area contributed by atoms with Crippen LogP contribution in [0.2, 0.25) is 5.02 Å². The Bertz CT molecular complexity index is 1140. The van der Waals surface area contributed by atoms with Crippen molar-refractivity contribution in [2.75, 3.05) is 20.3 Å². The highest BCUT2D eigenvalue weighted by Gasteiger charge is 2.15. The number of nitrogens with one attached hydrogen (secondary N) is 1. The minimum absolute atomic E-state index is 0.0394. The SMILES string of the molecule is COc1ccc(-c2cc(=O)c3cccc(Cl)c3o2)c(OCCNC(=O)C(N)=O)c1. The summed E-state index contributed by atoms with van der Waals surface area (Å²) in [5, 5.41) is 3.00. The summed E-state index contributed by atoms with van der Waals surface area (Å²) in [6.45, 7) is 0.0870. The first-order chi connectivity index (χ1) is 13.9. The Morgan fingerprint density at radius 3 is 2.72 bits per heavy atom. The van der Waals surface area contributed by atoms with Crippen molar-refractivity contribution < 1.29 is 23.5 Å². The molecule has 150 valence electrons. The van der Waals surface area contributed by atoms with Crippen LogP contribution in [0.4, 0.5) is 0 Å². The van der Waals surface area contributed by atoms with Crippen LogP contribution in [0.25, 0.3) is 22.3 Å². The zero-order chi connectivity index (χ0) is 21.0. The van der Waals surface area contributed by atoms with Crippen LogP contribution in [0.15, 0.2) is 51.7 Å². The predicted octanol–water partition coefficient (Wildman–Crippen LogP) is 2.10. The van der Waals surface area contributed by atoms with E-state index in [1.165, 1.54) is 13.2 Å². The van der Waals surface area contributed by atoms with Crippen LogP contribution in [0.1, 0.15) is 0 Å². The number of hydrogen-bond donors (Lipinski definition) is 2. The van der Waals surface area contributed by atoms with Gasteiger partial charge in [0.1, 0.15) is 23.9 Å². The third kappa shape index (κ3) is 4.49. The summed E-state index contributed by atoms with van der Waals surface area (Å²) in [5.41, 5.74) is 5.39. The van der Waals surface area contributed by atoms with Gasteiger partial charge in [0, 0.05) is 12.1 Å². The molecule has 0 aliphatic carbocycles. The maximum Gasteiger partial charge on any atom is 0.309 e. The van der Waals surface area contributed by atoms with Gasteiger partial charge in [-0.3, -0.25) is 14.4 Å². The molecule has 3 rings (SSSR count). The molecule has 0 saturated carbocycles. The lowest BCUT2D eigenvalue weighted by atomic mass is 10.1. The molecular weight excluding hydrogens is 400 g/mol. The largest absolute Gasteiger partial charge is 0.497 e. The highest BCUT2D eigenvalue weighted by molar-refractivity contribution is 6.35. The second kappa shape index (κ2) is 8.66. The van der Waals surface area contributed by atoms with Gasteiger partial charge in [0.25, 0.3) is 0 Å². The number of carbonyl (C=O) groups is 2. The topological polar surface area (TPSA) is 121 Å². The van der Waals surface area contributed by atoms with Gasteiger partial charge in [-0.15, -0.1) is 0 Å². The molecule has 2 amide bonds. The number of primary amides is 1. The Balaban J connectivity index is 1.94. The standard InChI is InChI=1S/C20H17ClN2O6/c1-27-11-5-6-13(16(9-11)28-8-7-23-20(26)19(22)25)17-10-15(24)12-3-2-4-14(21)18(12)29-17/h2-6,9-10H,7-8H2,1H3,(H2,22,25)(H,23,26). The summed E-state index contributed by atoms with van der Waals surface area (Å²) >= 11 is 6.17. The van der Waals surface area contributed by atoms with Gasteiger partial charge in [-0.2, -0.15) is 0 Å². The van der Waals surface area contributed by atoms with Gasteiger partial charge in [-0.25, -0.2) is 0 Å². The molecule has 2 aromatic carbocycles. The van der Waals surface area contributed by atoms with Crippen LogP contribution in [-0.4, -0.2) is 32.1 Å². The quantitative estimate of drug-likeness (QED) is 0.469. The molecule has 0 unspecified atom stereocenters. The van der Waals surface area contributed by atoms with E-state index >= 15 is 0 Å². The Labute approximate surface area is 170 Å². The molecule has 0 radical (unpaired) electrons. The van der Waals surface area contributed by atoms with Crippen LogP contribution in [0.5, 0.6) is 11.5 Å². The zero-order valence-electron chi connectivity index (χ0n) is 15.4. The number of nitrogens with two attached hydrogens (primary N) is 1. The maximum atomic E-state index is 12.5. The van der Waals surface area contributed by atoms with Gasteiger partial charge in [0.2, 0.25) is 0 Å². The Morgan fingerprint density at radius 2 is 2.00 bits per heavy atom. The number of fused-ring (bicyclic) bond motifs is 1. The van der Waals surface area contributed by atoms with Gasteiger partial charge in [-0.1, -0.05) is 17.7 Å². The number of methoxy groups -OCH3 is 1. The van der Waals surface area contributed by atoms with E-state index in [-0.39, 0.29) is 29.9 Å². The minimum atomic E-state index is -1.08. The van der Waals surface area contributed by atoms with Crippen LogP contribution in [0.3, 0.4) is 0 Å². The molecule has 0 fully saturated rings. The molecule has 3 aromatic rings. The lowest BCUT2D eigenvalue weighted by molar-refractivity contribution is -0.137. The molecule has 1 heterocycles. The second-order valence-corrected chi connectivity index (χ2v) is 6.33. The van der Waals surface area contributed by atoms with Crippen LogP contribution in [0, 0.1) is 0 Å². The van der Waals surface area contributed by atoms with Crippen molar-refractivity contribution in [2.24, 2.45) is 5.73 Å². The maximum absolute atomic E-state index is 12.5. The van der Waals surface area contributed by atoms with Gasteiger partial charge < -0.3 is 24.9 Å².